The molecule has 130 valence electrons. The zero-order valence-corrected chi connectivity index (χ0v) is 14.1. The largest absolute Gasteiger partial charge is 0.446 e. The number of amides is 1. The van der Waals surface area contributed by atoms with E-state index in [9.17, 15) is 18.0 Å². The molecule has 0 aromatic heterocycles. The molecule has 0 unspecified atom stereocenters. The number of benzene rings is 2. The first-order chi connectivity index (χ1) is 11.9. The van der Waals surface area contributed by atoms with Gasteiger partial charge in [-0.25, -0.2) is 0 Å². The zero-order valence-electron chi connectivity index (χ0n) is 13.3. The molecule has 2 aromatic carbocycles. The SMILES string of the molecule is O=C(c1ccc(SC(F)(F)F)cc1)N1CC=C(c2ccccc2)CC1. The van der Waals surface area contributed by atoms with E-state index in [-0.39, 0.29) is 22.6 Å². The fraction of sp³-hybridized carbons (Fsp3) is 0.211. The molecule has 1 amide bonds. The van der Waals surface area contributed by atoms with Crippen molar-refractivity contribution in [3.8, 4) is 0 Å². The summed E-state index contributed by atoms with van der Waals surface area (Å²) in [6, 6.07) is 15.6. The summed E-state index contributed by atoms with van der Waals surface area (Å²) in [5, 5.41) is 0. The number of carbonyl (C=O) groups excluding carboxylic acids is 1. The van der Waals surface area contributed by atoms with Crippen molar-refractivity contribution in [3.63, 3.8) is 0 Å². The monoisotopic (exact) mass is 363 g/mol. The van der Waals surface area contributed by atoms with E-state index in [2.05, 4.69) is 0 Å². The maximum atomic E-state index is 12.5. The second-order valence-corrected chi connectivity index (χ2v) is 6.81. The van der Waals surface area contributed by atoms with E-state index in [4.69, 9.17) is 0 Å². The maximum absolute atomic E-state index is 12.5. The van der Waals surface area contributed by atoms with Gasteiger partial charge < -0.3 is 4.90 Å². The lowest BCUT2D eigenvalue weighted by molar-refractivity contribution is -0.0328. The highest BCUT2D eigenvalue weighted by Gasteiger charge is 2.29. The summed E-state index contributed by atoms with van der Waals surface area (Å²) in [5.41, 5.74) is -1.55. The van der Waals surface area contributed by atoms with Gasteiger partial charge in [-0.1, -0.05) is 36.4 Å². The van der Waals surface area contributed by atoms with E-state index in [1.807, 2.05) is 36.4 Å². The van der Waals surface area contributed by atoms with Crippen LogP contribution in [0.3, 0.4) is 0 Å². The van der Waals surface area contributed by atoms with Crippen molar-refractivity contribution in [1.29, 1.82) is 0 Å². The Morgan fingerprint density at radius 1 is 1.00 bits per heavy atom. The molecule has 1 aliphatic rings. The van der Waals surface area contributed by atoms with Crippen molar-refractivity contribution in [2.45, 2.75) is 16.8 Å². The van der Waals surface area contributed by atoms with E-state index in [0.29, 0.717) is 18.7 Å². The third kappa shape index (κ3) is 4.66. The highest BCUT2D eigenvalue weighted by molar-refractivity contribution is 8.00. The molecule has 3 rings (SSSR count). The summed E-state index contributed by atoms with van der Waals surface area (Å²) in [5.74, 6) is -0.160. The van der Waals surface area contributed by atoms with E-state index in [1.165, 1.54) is 29.8 Å². The number of hydrogen-bond donors (Lipinski definition) is 0. The van der Waals surface area contributed by atoms with Crippen molar-refractivity contribution in [2.24, 2.45) is 0 Å². The second kappa shape index (κ2) is 7.35. The van der Waals surface area contributed by atoms with Crippen molar-refractivity contribution in [1.82, 2.24) is 4.90 Å². The van der Waals surface area contributed by atoms with Gasteiger partial charge in [0, 0.05) is 23.5 Å². The predicted molar refractivity (Wildman–Crippen MR) is 93.3 cm³/mol. The quantitative estimate of drug-likeness (QED) is 0.696. The molecule has 0 atom stereocenters. The van der Waals surface area contributed by atoms with Crippen molar-refractivity contribution in [3.05, 3.63) is 71.8 Å². The summed E-state index contributed by atoms with van der Waals surface area (Å²) < 4.78 is 37.0. The molecule has 2 nitrogen and oxygen atoms in total. The fourth-order valence-corrected chi connectivity index (χ4v) is 3.29. The molecule has 0 radical (unpaired) electrons. The second-order valence-electron chi connectivity index (χ2n) is 5.67. The van der Waals surface area contributed by atoms with Crippen LogP contribution in [0.1, 0.15) is 22.3 Å². The molecular weight excluding hydrogens is 347 g/mol. The molecule has 1 heterocycles. The lowest BCUT2D eigenvalue weighted by atomic mass is 9.99. The Kier molecular flexibility index (Phi) is 5.18. The Morgan fingerprint density at radius 3 is 2.24 bits per heavy atom. The Morgan fingerprint density at radius 2 is 1.68 bits per heavy atom. The van der Waals surface area contributed by atoms with Gasteiger partial charge in [0.15, 0.2) is 0 Å². The van der Waals surface area contributed by atoms with Gasteiger partial charge in [0.05, 0.1) is 0 Å². The normalized spacial score (nSPS) is 15.0. The van der Waals surface area contributed by atoms with Crippen LogP contribution in [0.15, 0.2) is 65.6 Å². The number of rotatable bonds is 3. The number of nitrogens with zero attached hydrogens (tertiary/aromatic N) is 1. The summed E-state index contributed by atoms with van der Waals surface area (Å²) >= 11 is -0.180. The van der Waals surface area contributed by atoms with Crippen LogP contribution in [0.4, 0.5) is 13.2 Å². The minimum absolute atomic E-state index is 0.0777. The number of halogens is 3. The molecule has 2 aromatic rings. The molecule has 6 heteroatoms. The third-order valence-electron chi connectivity index (χ3n) is 3.98. The van der Waals surface area contributed by atoms with Crippen LogP contribution in [0, 0.1) is 0 Å². The highest BCUT2D eigenvalue weighted by atomic mass is 32.2. The van der Waals surface area contributed by atoms with E-state index < -0.39 is 5.51 Å². The number of thioether (sulfide) groups is 1. The summed E-state index contributed by atoms with van der Waals surface area (Å²) in [4.78, 5) is 14.3. The minimum Gasteiger partial charge on any atom is -0.335 e. The van der Waals surface area contributed by atoms with E-state index in [0.717, 1.165) is 12.0 Å². The number of carbonyl (C=O) groups is 1. The fourth-order valence-electron chi connectivity index (χ4n) is 2.75. The molecule has 0 aliphatic carbocycles. The van der Waals surface area contributed by atoms with E-state index >= 15 is 0 Å². The van der Waals surface area contributed by atoms with Gasteiger partial charge in [0.2, 0.25) is 0 Å². The molecule has 25 heavy (non-hydrogen) atoms. The molecule has 0 bridgehead atoms. The molecular formula is C19H16F3NOS. The maximum Gasteiger partial charge on any atom is 0.446 e. The smallest absolute Gasteiger partial charge is 0.335 e. The molecule has 0 saturated heterocycles. The minimum atomic E-state index is -4.32. The van der Waals surface area contributed by atoms with Crippen LogP contribution in [0.2, 0.25) is 0 Å². The van der Waals surface area contributed by atoms with E-state index in [1.54, 1.807) is 4.90 Å². The van der Waals surface area contributed by atoms with Crippen LogP contribution in [-0.2, 0) is 0 Å². The van der Waals surface area contributed by atoms with Crippen molar-refractivity contribution in [2.75, 3.05) is 13.1 Å². The third-order valence-corrected chi connectivity index (χ3v) is 4.72. The molecule has 0 fully saturated rings. The van der Waals surface area contributed by atoms with Gasteiger partial charge in [0.1, 0.15) is 0 Å². The topological polar surface area (TPSA) is 20.3 Å². The average Bonchev–Trinajstić information content (AvgIpc) is 2.61. The zero-order chi connectivity index (χ0) is 17.9. The molecule has 0 N–H and O–H groups in total. The van der Waals surface area contributed by atoms with Crippen LogP contribution in [0.25, 0.3) is 5.57 Å². The molecule has 0 saturated carbocycles. The molecule has 0 spiro atoms. The Hall–Kier alpha value is -2.21. The predicted octanol–water partition coefficient (Wildman–Crippen LogP) is 5.23. The lowest BCUT2D eigenvalue weighted by Gasteiger charge is -2.27. The van der Waals surface area contributed by atoms with Gasteiger partial charge >= 0.3 is 5.51 Å². The Bertz CT molecular complexity index is 770. The summed E-state index contributed by atoms with van der Waals surface area (Å²) in [7, 11) is 0. The van der Waals surface area contributed by atoms with Crippen LogP contribution >= 0.6 is 11.8 Å². The van der Waals surface area contributed by atoms with Gasteiger partial charge in [-0.3, -0.25) is 4.79 Å². The van der Waals surface area contributed by atoms with Gasteiger partial charge in [0.25, 0.3) is 5.91 Å². The van der Waals surface area contributed by atoms with Gasteiger partial charge in [-0.2, -0.15) is 13.2 Å². The van der Waals surface area contributed by atoms with Gasteiger partial charge in [-0.15, -0.1) is 0 Å². The van der Waals surface area contributed by atoms with Crippen LogP contribution in [0.5, 0.6) is 0 Å². The molecule has 1 aliphatic heterocycles. The first-order valence-corrected chi connectivity index (χ1v) is 8.63. The Labute approximate surface area is 148 Å². The van der Waals surface area contributed by atoms with Crippen LogP contribution in [-0.4, -0.2) is 29.4 Å². The number of alkyl halides is 3. The van der Waals surface area contributed by atoms with Crippen LogP contribution < -0.4 is 0 Å². The standard InChI is InChI=1S/C19H16F3NOS/c20-19(21,22)25-17-8-6-16(7-9-17)18(24)23-12-10-15(11-13-23)14-4-2-1-3-5-14/h1-10H,11-13H2. The first kappa shape index (κ1) is 17.6. The van der Waals surface area contributed by atoms with Gasteiger partial charge in [-0.05, 0) is 53.6 Å². The highest BCUT2D eigenvalue weighted by Crippen LogP contribution is 2.36. The Balaban J connectivity index is 1.65. The lowest BCUT2D eigenvalue weighted by Crippen LogP contribution is -2.34. The average molecular weight is 363 g/mol. The van der Waals surface area contributed by atoms with Crippen molar-refractivity contribution >= 4 is 23.2 Å². The number of hydrogen-bond acceptors (Lipinski definition) is 2. The summed E-state index contributed by atoms with van der Waals surface area (Å²) in [6.07, 6.45) is 2.79. The summed E-state index contributed by atoms with van der Waals surface area (Å²) in [6.45, 7) is 1.10. The van der Waals surface area contributed by atoms with Crippen molar-refractivity contribution < 1.29 is 18.0 Å². The first-order valence-electron chi connectivity index (χ1n) is 7.82.